The van der Waals surface area contributed by atoms with E-state index in [-0.39, 0.29) is 11.8 Å². The van der Waals surface area contributed by atoms with Gasteiger partial charge in [-0.2, -0.15) is 18.2 Å². The van der Waals surface area contributed by atoms with Gasteiger partial charge in [0.05, 0.1) is 6.61 Å². The lowest BCUT2D eigenvalue weighted by Crippen LogP contribution is -2.13. The molecule has 0 atom stereocenters. The number of hydrogen-bond acceptors (Lipinski definition) is 5. The first-order valence-electron chi connectivity index (χ1n) is 10.1. The minimum atomic E-state index is -4.58. The van der Waals surface area contributed by atoms with Crippen molar-refractivity contribution < 1.29 is 17.9 Å². The monoisotopic (exact) mass is 430 g/mol. The molecule has 0 aliphatic carbocycles. The fourth-order valence-electron chi connectivity index (χ4n) is 2.89. The SMILES string of the molecule is CCCCCOc1ccc(Nc2ncc(C(F)(F)F)c(Nc3ccccc3C)n2)cc1. The number of ether oxygens (including phenoxy) is 1. The molecule has 0 radical (unpaired) electrons. The van der Waals surface area contributed by atoms with Gasteiger partial charge in [-0.1, -0.05) is 38.0 Å². The zero-order valence-electron chi connectivity index (χ0n) is 17.5. The summed E-state index contributed by atoms with van der Waals surface area (Å²) in [6, 6.07) is 14.2. The third-order valence-corrected chi connectivity index (χ3v) is 4.62. The van der Waals surface area contributed by atoms with Gasteiger partial charge in [0.2, 0.25) is 5.95 Å². The maximum atomic E-state index is 13.5. The number of hydrogen-bond donors (Lipinski definition) is 2. The van der Waals surface area contributed by atoms with Crippen molar-refractivity contribution in [3.8, 4) is 5.75 Å². The zero-order valence-corrected chi connectivity index (χ0v) is 17.5. The van der Waals surface area contributed by atoms with Crippen LogP contribution in [0.3, 0.4) is 0 Å². The minimum absolute atomic E-state index is 0.0562. The number of benzene rings is 2. The van der Waals surface area contributed by atoms with Crippen LogP contribution in [0.15, 0.2) is 54.7 Å². The maximum absolute atomic E-state index is 13.5. The molecule has 0 amide bonds. The summed E-state index contributed by atoms with van der Waals surface area (Å²) < 4.78 is 46.0. The number of para-hydroxylation sites is 1. The molecule has 8 heteroatoms. The molecule has 1 aromatic heterocycles. The molecular formula is C23H25F3N4O. The van der Waals surface area contributed by atoms with E-state index in [2.05, 4.69) is 27.5 Å². The highest BCUT2D eigenvalue weighted by molar-refractivity contribution is 5.65. The Morgan fingerprint density at radius 3 is 2.39 bits per heavy atom. The van der Waals surface area contributed by atoms with Crippen molar-refractivity contribution in [3.63, 3.8) is 0 Å². The Kier molecular flexibility index (Phi) is 7.33. The number of rotatable bonds is 9. The Morgan fingerprint density at radius 1 is 0.968 bits per heavy atom. The molecule has 2 N–H and O–H groups in total. The van der Waals surface area contributed by atoms with Gasteiger partial charge in [0.1, 0.15) is 17.1 Å². The van der Waals surface area contributed by atoms with E-state index in [4.69, 9.17) is 4.74 Å². The van der Waals surface area contributed by atoms with Gasteiger partial charge in [0.15, 0.2) is 0 Å². The number of unbranched alkanes of at least 4 members (excludes halogenated alkanes) is 2. The van der Waals surface area contributed by atoms with Crippen LogP contribution in [-0.4, -0.2) is 16.6 Å². The summed E-state index contributed by atoms with van der Waals surface area (Å²) in [7, 11) is 0. The van der Waals surface area contributed by atoms with Gasteiger partial charge in [0, 0.05) is 17.6 Å². The van der Waals surface area contributed by atoms with Crippen LogP contribution in [0.4, 0.5) is 36.3 Å². The average molecular weight is 430 g/mol. The van der Waals surface area contributed by atoms with Crippen LogP contribution in [0.25, 0.3) is 0 Å². The molecule has 0 unspecified atom stereocenters. The van der Waals surface area contributed by atoms with Gasteiger partial charge in [-0.15, -0.1) is 0 Å². The average Bonchev–Trinajstić information content (AvgIpc) is 2.73. The zero-order chi connectivity index (χ0) is 22.3. The van der Waals surface area contributed by atoms with E-state index in [9.17, 15) is 13.2 Å². The highest BCUT2D eigenvalue weighted by Gasteiger charge is 2.35. The van der Waals surface area contributed by atoms with Crippen molar-refractivity contribution in [2.45, 2.75) is 39.3 Å². The van der Waals surface area contributed by atoms with Crippen LogP contribution >= 0.6 is 0 Å². The number of anilines is 4. The number of aryl methyl sites for hydroxylation is 1. The summed E-state index contributed by atoms with van der Waals surface area (Å²) in [6.07, 6.45) is -0.572. The Bertz CT molecular complexity index is 991. The first kappa shape index (κ1) is 22.4. The Labute approximate surface area is 179 Å². The van der Waals surface area contributed by atoms with E-state index in [1.807, 2.05) is 19.1 Å². The molecule has 0 saturated heterocycles. The van der Waals surface area contributed by atoms with Crippen LogP contribution in [0.2, 0.25) is 0 Å². The van der Waals surface area contributed by atoms with Gasteiger partial charge >= 0.3 is 6.18 Å². The number of alkyl halides is 3. The van der Waals surface area contributed by atoms with Gasteiger partial charge in [-0.05, 0) is 49.2 Å². The summed E-state index contributed by atoms with van der Waals surface area (Å²) in [5.74, 6) is 0.479. The van der Waals surface area contributed by atoms with Crippen molar-refractivity contribution in [1.82, 2.24) is 9.97 Å². The molecule has 0 aliphatic rings. The highest BCUT2D eigenvalue weighted by atomic mass is 19.4. The van der Waals surface area contributed by atoms with E-state index in [1.165, 1.54) is 0 Å². The van der Waals surface area contributed by atoms with Crippen LogP contribution in [0, 0.1) is 6.92 Å². The standard InChI is InChI=1S/C23H25F3N4O/c1-3-4-7-14-31-18-12-10-17(11-13-18)28-22-27-15-19(23(24,25)26)21(30-22)29-20-9-6-5-8-16(20)2/h5-6,8-13,15H,3-4,7,14H2,1-2H3,(H2,27,28,29,30). The van der Waals surface area contributed by atoms with Crippen molar-refractivity contribution in [2.24, 2.45) is 0 Å². The van der Waals surface area contributed by atoms with E-state index in [0.29, 0.717) is 18.0 Å². The molecule has 0 bridgehead atoms. The van der Waals surface area contributed by atoms with E-state index >= 15 is 0 Å². The molecule has 1 heterocycles. The quantitative estimate of drug-likeness (QED) is 0.363. The molecule has 3 rings (SSSR count). The summed E-state index contributed by atoms with van der Waals surface area (Å²) in [6.45, 7) is 4.59. The minimum Gasteiger partial charge on any atom is -0.494 e. The number of halogens is 3. The smallest absolute Gasteiger partial charge is 0.421 e. The maximum Gasteiger partial charge on any atom is 0.421 e. The predicted molar refractivity (Wildman–Crippen MR) is 116 cm³/mol. The molecule has 164 valence electrons. The molecular weight excluding hydrogens is 405 g/mol. The van der Waals surface area contributed by atoms with Crippen molar-refractivity contribution in [2.75, 3.05) is 17.2 Å². The Balaban J connectivity index is 1.77. The van der Waals surface area contributed by atoms with Crippen LogP contribution in [0.5, 0.6) is 5.75 Å². The molecule has 2 aromatic carbocycles. The van der Waals surface area contributed by atoms with Gasteiger partial charge in [-0.3, -0.25) is 0 Å². The summed E-state index contributed by atoms with van der Waals surface area (Å²) in [5, 5.41) is 5.73. The van der Waals surface area contributed by atoms with Gasteiger partial charge < -0.3 is 15.4 Å². The van der Waals surface area contributed by atoms with Crippen molar-refractivity contribution in [3.05, 3.63) is 65.9 Å². The molecule has 31 heavy (non-hydrogen) atoms. The number of nitrogens with zero attached hydrogens (tertiary/aromatic N) is 2. The highest BCUT2D eigenvalue weighted by Crippen LogP contribution is 2.35. The lowest BCUT2D eigenvalue weighted by atomic mass is 10.2. The molecule has 5 nitrogen and oxygen atoms in total. The van der Waals surface area contributed by atoms with Crippen molar-refractivity contribution >= 4 is 23.1 Å². The molecule has 0 saturated carbocycles. The second-order valence-electron chi connectivity index (χ2n) is 7.10. The van der Waals surface area contributed by atoms with E-state index < -0.39 is 11.7 Å². The molecule has 3 aromatic rings. The first-order valence-corrected chi connectivity index (χ1v) is 10.1. The summed E-state index contributed by atoms with van der Waals surface area (Å²) >= 11 is 0. The summed E-state index contributed by atoms with van der Waals surface area (Å²) in [5.41, 5.74) is 1.06. The van der Waals surface area contributed by atoms with Crippen molar-refractivity contribution in [1.29, 1.82) is 0 Å². The lowest BCUT2D eigenvalue weighted by Gasteiger charge is -2.16. The van der Waals surface area contributed by atoms with Gasteiger partial charge in [0.25, 0.3) is 0 Å². The van der Waals surface area contributed by atoms with Gasteiger partial charge in [-0.25, -0.2) is 4.98 Å². The van der Waals surface area contributed by atoms with Crippen LogP contribution in [-0.2, 0) is 6.18 Å². The first-order chi connectivity index (χ1) is 14.9. The number of nitrogens with one attached hydrogen (secondary N) is 2. The summed E-state index contributed by atoms with van der Waals surface area (Å²) in [4.78, 5) is 7.92. The predicted octanol–water partition coefficient (Wildman–Crippen LogP) is 6.86. The molecule has 0 spiro atoms. The Morgan fingerprint density at radius 2 is 1.71 bits per heavy atom. The topological polar surface area (TPSA) is 59.1 Å². The van der Waals surface area contributed by atoms with E-state index in [1.54, 1.807) is 36.4 Å². The molecule has 0 aliphatic heterocycles. The fourth-order valence-corrected chi connectivity index (χ4v) is 2.89. The van der Waals surface area contributed by atoms with Crippen LogP contribution < -0.4 is 15.4 Å². The number of aromatic nitrogens is 2. The third-order valence-electron chi connectivity index (χ3n) is 4.62. The third kappa shape index (κ3) is 6.34. The second kappa shape index (κ2) is 10.1. The largest absolute Gasteiger partial charge is 0.494 e. The Hall–Kier alpha value is -3.29. The normalized spacial score (nSPS) is 11.3. The van der Waals surface area contributed by atoms with E-state index in [0.717, 1.165) is 36.8 Å². The molecule has 0 fully saturated rings. The lowest BCUT2D eigenvalue weighted by molar-refractivity contribution is -0.137. The fraction of sp³-hybridized carbons (Fsp3) is 0.304. The van der Waals surface area contributed by atoms with Crippen LogP contribution in [0.1, 0.15) is 37.3 Å². The second-order valence-corrected chi connectivity index (χ2v) is 7.10.